The number of hydrogen-bond donors (Lipinski definition) is 1. The van der Waals surface area contributed by atoms with Crippen LogP contribution in [0.2, 0.25) is 5.28 Å². The molecule has 5 heterocycles. The van der Waals surface area contributed by atoms with E-state index in [0.717, 1.165) is 82.8 Å². The lowest BCUT2D eigenvalue weighted by atomic mass is 9.65. The van der Waals surface area contributed by atoms with Gasteiger partial charge in [-0.1, -0.05) is 18.2 Å². The lowest BCUT2D eigenvalue weighted by molar-refractivity contribution is 0.144. The average Bonchev–Trinajstić information content (AvgIpc) is 3.80. The van der Waals surface area contributed by atoms with E-state index in [0.29, 0.717) is 5.82 Å². The van der Waals surface area contributed by atoms with Gasteiger partial charge in [0.15, 0.2) is 5.82 Å². The molecule has 2 atom stereocenters. The Morgan fingerprint density at radius 3 is 2.15 bits per heavy atom. The van der Waals surface area contributed by atoms with Gasteiger partial charge >= 0.3 is 0 Å². The van der Waals surface area contributed by atoms with Crippen molar-refractivity contribution in [1.82, 2.24) is 49.3 Å². The van der Waals surface area contributed by atoms with Crippen molar-refractivity contribution in [2.45, 2.75) is 49.7 Å². The second-order valence-corrected chi connectivity index (χ2v) is 12.9. The standard InChI is InChI=1S/C34H35ClN12/c1-44-14-11-27(42-44)25-18-38-33(35)40-30(25)34(13-10-29(34)36)47(24-8-5-9-24)32-26(28-12-15-45(2)43-28)19-37-31(41-32)22-7-4-6-21(16-22)23-17-39-46(3)20-23/h4,6-7,11-12,14-20,24,29H,5,8-10,13,36H2,1-3H3. The van der Waals surface area contributed by atoms with Crippen LogP contribution in [0.4, 0.5) is 5.82 Å². The topological polar surface area (TPSA) is 134 Å². The van der Waals surface area contributed by atoms with Gasteiger partial charge in [0.25, 0.3) is 0 Å². The average molecular weight is 647 g/mol. The van der Waals surface area contributed by atoms with Crippen LogP contribution in [-0.4, -0.2) is 61.4 Å². The number of halogens is 1. The van der Waals surface area contributed by atoms with Crippen LogP contribution < -0.4 is 10.6 Å². The minimum Gasteiger partial charge on any atom is -0.340 e. The van der Waals surface area contributed by atoms with E-state index in [4.69, 9.17) is 42.5 Å². The molecule has 238 valence electrons. The summed E-state index contributed by atoms with van der Waals surface area (Å²) in [6.45, 7) is 0. The summed E-state index contributed by atoms with van der Waals surface area (Å²) in [5, 5.41) is 14.1. The Morgan fingerprint density at radius 2 is 1.55 bits per heavy atom. The summed E-state index contributed by atoms with van der Waals surface area (Å²) in [7, 11) is 5.73. The third-order valence-corrected chi connectivity index (χ3v) is 9.81. The molecule has 2 saturated carbocycles. The molecule has 1 aromatic carbocycles. The van der Waals surface area contributed by atoms with Crippen LogP contribution in [0.15, 0.2) is 73.6 Å². The number of hydrogen-bond acceptors (Lipinski definition) is 9. The van der Waals surface area contributed by atoms with Gasteiger partial charge in [0.2, 0.25) is 5.28 Å². The van der Waals surface area contributed by atoms with E-state index >= 15 is 0 Å². The van der Waals surface area contributed by atoms with E-state index in [1.54, 1.807) is 20.2 Å². The summed E-state index contributed by atoms with van der Waals surface area (Å²) < 4.78 is 5.38. The summed E-state index contributed by atoms with van der Waals surface area (Å²) in [6.07, 6.45) is 16.1. The molecule has 2 aliphatic carbocycles. The van der Waals surface area contributed by atoms with E-state index in [-0.39, 0.29) is 17.4 Å². The van der Waals surface area contributed by atoms with Gasteiger partial charge in [-0.2, -0.15) is 15.3 Å². The van der Waals surface area contributed by atoms with Crippen LogP contribution in [0.25, 0.3) is 45.0 Å². The summed E-state index contributed by atoms with van der Waals surface area (Å²) in [6, 6.07) is 12.2. The SMILES string of the molecule is Cn1cc(-c2cccc(-c3ncc(-c4ccn(C)n4)c(N(C4CCC4)C4(c5nc(Cl)ncc5-c5ccn(C)n5)CCC4N)n3)c2)cn1. The molecule has 0 bridgehead atoms. The molecule has 0 aliphatic heterocycles. The maximum absolute atomic E-state index is 7.13. The van der Waals surface area contributed by atoms with Crippen LogP contribution >= 0.6 is 11.6 Å². The monoisotopic (exact) mass is 646 g/mol. The molecular formula is C34H35ClN12. The zero-order valence-corrected chi connectivity index (χ0v) is 27.2. The van der Waals surface area contributed by atoms with Gasteiger partial charge in [-0.15, -0.1) is 0 Å². The molecule has 0 amide bonds. The van der Waals surface area contributed by atoms with Crippen molar-refractivity contribution in [3.8, 4) is 45.0 Å². The molecule has 0 spiro atoms. The molecule has 8 rings (SSSR count). The summed E-state index contributed by atoms with van der Waals surface area (Å²) in [5.74, 6) is 1.39. The summed E-state index contributed by atoms with van der Waals surface area (Å²) in [5.41, 5.74) is 13.4. The zero-order valence-electron chi connectivity index (χ0n) is 26.5. The molecule has 6 aromatic rings. The van der Waals surface area contributed by atoms with Crippen molar-refractivity contribution in [1.29, 1.82) is 0 Å². The van der Waals surface area contributed by atoms with E-state index in [1.807, 2.05) is 76.4 Å². The molecule has 13 heteroatoms. The maximum atomic E-state index is 7.13. The second-order valence-electron chi connectivity index (χ2n) is 12.6. The number of anilines is 1. The highest BCUT2D eigenvalue weighted by Crippen LogP contribution is 2.53. The van der Waals surface area contributed by atoms with Crippen molar-refractivity contribution in [3.05, 3.63) is 84.6 Å². The lowest BCUT2D eigenvalue weighted by Gasteiger charge is -2.59. The molecule has 2 fully saturated rings. The Balaban J connectivity index is 1.35. The van der Waals surface area contributed by atoms with Crippen LogP contribution in [0.3, 0.4) is 0 Å². The molecule has 0 saturated heterocycles. The van der Waals surface area contributed by atoms with Crippen molar-refractivity contribution in [3.63, 3.8) is 0 Å². The van der Waals surface area contributed by atoms with Gasteiger partial charge in [-0.25, -0.2) is 19.9 Å². The Kier molecular flexibility index (Phi) is 7.14. The maximum Gasteiger partial charge on any atom is 0.222 e. The molecule has 2 N–H and O–H groups in total. The van der Waals surface area contributed by atoms with E-state index < -0.39 is 5.54 Å². The molecule has 0 radical (unpaired) electrons. The highest BCUT2D eigenvalue weighted by molar-refractivity contribution is 6.28. The van der Waals surface area contributed by atoms with E-state index in [1.165, 1.54) is 0 Å². The summed E-state index contributed by atoms with van der Waals surface area (Å²) in [4.78, 5) is 22.1. The predicted molar refractivity (Wildman–Crippen MR) is 180 cm³/mol. The third kappa shape index (κ3) is 4.99. The van der Waals surface area contributed by atoms with Crippen LogP contribution in [0.1, 0.15) is 37.8 Å². The van der Waals surface area contributed by atoms with Crippen molar-refractivity contribution in [2.24, 2.45) is 26.9 Å². The fourth-order valence-corrected chi connectivity index (χ4v) is 7.04. The number of nitrogens with two attached hydrogens (primary N) is 1. The number of rotatable bonds is 8. The smallest absolute Gasteiger partial charge is 0.222 e. The molecule has 2 unspecified atom stereocenters. The number of benzene rings is 1. The minimum absolute atomic E-state index is 0.173. The molecule has 12 nitrogen and oxygen atoms in total. The van der Waals surface area contributed by atoms with Crippen LogP contribution in [-0.2, 0) is 26.7 Å². The van der Waals surface area contributed by atoms with Crippen molar-refractivity contribution >= 4 is 17.4 Å². The van der Waals surface area contributed by atoms with Gasteiger partial charge in [0.1, 0.15) is 5.82 Å². The normalized spacial score (nSPS) is 19.4. The lowest BCUT2D eigenvalue weighted by Crippen LogP contribution is -2.68. The van der Waals surface area contributed by atoms with Gasteiger partial charge in [0.05, 0.1) is 34.4 Å². The van der Waals surface area contributed by atoms with Crippen molar-refractivity contribution < 1.29 is 0 Å². The zero-order chi connectivity index (χ0) is 32.3. The van der Waals surface area contributed by atoms with Gasteiger partial charge in [-0.3, -0.25) is 14.0 Å². The Hall–Kier alpha value is -4.94. The number of aryl methyl sites for hydroxylation is 3. The van der Waals surface area contributed by atoms with E-state index in [9.17, 15) is 0 Å². The quantitative estimate of drug-likeness (QED) is 0.222. The fourth-order valence-electron chi connectivity index (χ4n) is 6.90. The first-order valence-corrected chi connectivity index (χ1v) is 16.2. The molecule has 2 aliphatic rings. The van der Waals surface area contributed by atoms with Gasteiger partial charge < -0.3 is 10.6 Å². The summed E-state index contributed by atoms with van der Waals surface area (Å²) >= 11 is 6.57. The largest absolute Gasteiger partial charge is 0.340 e. The van der Waals surface area contributed by atoms with Crippen molar-refractivity contribution in [2.75, 3.05) is 4.90 Å². The first-order chi connectivity index (χ1) is 22.8. The Bertz CT molecular complexity index is 2090. The van der Waals surface area contributed by atoms with Crippen LogP contribution in [0.5, 0.6) is 0 Å². The third-order valence-electron chi connectivity index (χ3n) is 9.62. The molecule has 47 heavy (non-hydrogen) atoms. The van der Waals surface area contributed by atoms with E-state index in [2.05, 4.69) is 27.1 Å². The minimum atomic E-state index is -0.711. The van der Waals surface area contributed by atoms with Gasteiger partial charge in [-0.05, 0) is 67.5 Å². The highest BCUT2D eigenvalue weighted by Gasteiger charge is 2.57. The molecular weight excluding hydrogens is 612 g/mol. The first-order valence-electron chi connectivity index (χ1n) is 15.8. The fraction of sp³-hybridized carbons (Fsp3) is 0.324. The van der Waals surface area contributed by atoms with Gasteiger partial charge in [0, 0.05) is 80.9 Å². The highest BCUT2D eigenvalue weighted by atomic mass is 35.5. The van der Waals surface area contributed by atoms with Crippen LogP contribution in [0, 0.1) is 0 Å². The predicted octanol–water partition coefficient (Wildman–Crippen LogP) is 5.16. The second kappa shape index (κ2) is 11.4. The first kappa shape index (κ1) is 29.5. The Labute approximate surface area is 277 Å². The number of nitrogens with zero attached hydrogens (tertiary/aromatic N) is 11. The number of aromatic nitrogens is 10. The molecule has 5 aromatic heterocycles. The Morgan fingerprint density at radius 1 is 0.830 bits per heavy atom.